The van der Waals surface area contributed by atoms with Gasteiger partial charge < -0.3 is 4.90 Å². The van der Waals surface area contributed by atoms with Crippen molar-refractivity contribution in [2.24, 2.45) is 17.3 Å². The van der Waals surface area contributed by atoms with Crippen molar-refractivity contribution in [1.82, 2.24) is 4.90 Å². The molecule has 2 nitrogen and oxygen atoms in total. The third-order valence-electron chi connectivity index (χ3n) is 7.72. The Kier molecular flexibility index (Phi) is 5.88. The van der Waals surface area contributed by atoms with Crippen molar-refractivity contribution in [3.8, 4) is 0 Å². The number of carbonyl (C=O) groups excluding carboxylic acids is 1. The van der Waals surface area contributed by atoms with Crippen LogP contribution in [0.4, 0.5) is 0 Å². The van der Waals surface area contributed by atoms with Gasteiger partial charge in [-0.15, -0.1) is 6.58 Å². The molecule has 32 heavy (non-hydrogen) atoms. The molecule has 2 saturated carbocycles. The van der Waals surface area contributed by atoms with E-state index in [0.717, 1.165) is 16.5 Å². The van der Waals surface area contributed by atoms with Crippen molar-refractivity contribution in [2.75, 3.05) is 0 Å². The van der Waals surface area contributed by atoms with Gasteiger partial charge in [0.05, 0.1) is 11.5 Å². The van der Waals surface area contributed by atoms with Gasteiger partial charge in [-0.1, -0.05) is 60.5 Å². The molecule has 3 fully saturated rings. The van der Waals surface area contributed by atoms with Gasteiger partial charge in [0.15, 0.2) is 0 Å². The van der Waals surface area contributed by atoms with Crippen LogP contribution >= 0.6 is 23.2 Å². The van der Waals surface area contributed by atoms with Gasteiger partial charge in [0.25, 0.3) is 0 Å². The first-order chi connectivity index (χ1) is 15.4. The maximum absolute atomic E-state index is 14.3. The van der Waals surface area contributed by atoms with Crippen LogP contribution in [0.2, 0.25) is 10.0 Å². The maximum Gasteiger partial charge on any atom is 0.229 e. The van der Waals surface area contributed by atoms with E-state index in [-0.39, 0.29) is 12.0 Å². The third kappa shape index (κ3) is 4.13. The summed E-state index contributed by atoms with van der Waals surface area (Å²) in [6, 6.07) is 16.7. The molecule has 0 spiro atoms. The number of benzene rings is 2. The van der Waals surface area contributed by atoms with Crippen LogP contribution in [0, 0.1) is 17.3 Å². The highest BCUT2D eigenvalue weighted by molar-refractivity contribution is 6.30. The second-order valence-corrected chi connectivity index (χ2v) is 11.2. The van der Waals surface area contributed by atoms with Crippen molar-refractivity contribution in [3.05, 3.63) is 82.4 Å². The van der Waals surface area contributed by atoms with E-state index in [9.17, 15) is 4.79 Å². The van der Waals surface area contributed by atoms with Gasteiger partial charge in [-0.3, -0.25) is 4.79 Å². The molecule has 3 aliphatic rings. The van der Waals surface area contributed by atoms with E-state index >= 15 is 0 Å². The number of allylic oxidation sites excluding steroid dienone is 1. The summed E-state index contributed by atoms with van der Waals surface area (Å²) in [6.45, 7) is 6.13. The molecule has 0 radical (unpaired) electrons. The molecule has 2 aromatic carbocycles. The lowest BCUT2D eigenvalue weighted by molar-refractivity contribution is -0.156. The standard InChI is InChI=1S/C28H31Cl2NO/c1-3-15-28(2)17-24(21-5-4-6-23(30)16-21)26(20-11-13-22(29)14-12-20)31(27(28)32)25(18-7-8-18)19-9-10-19/h3-6,11-14,16,18-19,24-26H,1,7-10,15,17H2,2H3/t24?,26?,28-/m1/s1. The summed E-state index contributed by atoms with van der Waals surface area (Å²) >= 11 is 12.7. The molecule has 4 heteroatoms. The fourth-order valence-corrected chi connectivity index (χ4v) is 6.26. The minimum Gasteiger partial charge on any atom is -0.331 e. The molecule has 1 aliphatic heterocycles. The Hall–Kier alpha value is -1.77. The monoisotopic (exact) mass is 467 g/mol. The van der Waals surface area contributed by atoms with E-state index in [1.54, 1.807) is 0 Å². The number of amides is 1. The highest BCUT2D eigenvalue weighted by Crippen LogP contribution is 2.57. The summed E-state index contributed by atoms with van der Waals surface area (Å²) < 4.78 is 0. The Morgan fingerprint density at radius 2 is 1.69 bits per heavy atom. The molecule has 1 amide bonds. The Bertz CT molecular complexity index is 998. The predicted molar refractivity (Wildman–Crippen MR) is 132 cm³/mol. The molecule has 1 saturated heterocycles. The number of halogens is 2. The number of likely N-dealkylation sites (tertiary alicyclic amines) is 1. The first-order valence-corrected chi connectivity index (χ1v) is 12.6. The van der Waals surface area contributed by atoms with Crippen LogP contribution < -0.4 is 0 Å². The molecule has 0 aromatic heterocycles. The van der Waals surface area contributed by atoms with Crippen LogP contribution in [0.5, 0.6) is 0 Å². The Balaban J connectivity index is 1.67. The second-order valence-electron chi connectivity index (χ2n) is 10.3. The molecule has 2 aliphatic carbocycles. The quantitative estimate of drug-likeness (QED) is 0.379. The number of piperidine rings is 1. The molecule has 5 rings (SSSR count). The summed E-state index contributed by atoms with van der Waals surface area (Å²) in [4.78, 5) is 16.6. The zero-order chi connectivity index (χ0) is 22.5. The zero-order valence-corrected chi connectivity index (χ0v) is 20.2. The van der Waals surface area contributed by atoms with E-state index in [4.69, 9.17) is 23.2 Å². The van der Waals surface area contributed by atoms with Crippen LogP contribution in [-0.2, 0) is 4.79 Å². The van der Waals surface area contributed by atoms with Gasteiger partial charge in [0, 0.05) is 22.0 Å². The fraction of sp³-hybridized carbons (Fsp3) is 0.464. The second kappa shape index (κ2) is 8.54. The van der Waals surface area contributed by atoms with Crippen LogP contribution in [0.3, 0.4) is 0 Å². The van der Waals surface area contributed by atoms with E-state index in [2.05, 4.69) is 42.7 Å². The van der Waals surface area contributed by atoms with Crippen molar-refractivity contribution < 1.29 is 4.79 Å². The van der Waals surface area contributed by atoms with E-state index in [1.807, 2.05) is 30.3 Å². The largest absolute Gasteiger partial charge is 0.331 e. The Morgan fingerprint density at radius 1 is 1.03 bits per heavy atom. The summed E-state index contributed by atoms with van der Waals surface area (Å²) in [5.41, 5.74) is 1.91. The Morgan fingerprint density at radius 3 is 2.25 bits per heavy atom. The molecular weight excluding hydrogens is 437 g/mol. The average molecular weight is 468 g/mol. The van der Waals surface area contributed by atoms with Crippen molar-refractivity contribution in [2.45, 2.75) is 63.5 Å². The first-order valence-electron chi connectivity index (χ1n) is 11.9. The molecule has 2 unspecified atom stereocenters. The van der Waals surface area contributed by atoms with Gasteiger partial charge in [0.2, 0.25) is 5.91 Å². The van der Waals surface area contributed by atoms with Crippen LogP contribution in [0.1, 0.15) is 68.5 Å². The molecule has 0 N–H and O–H groups in total. The topological polar surface area (TPSA) is 20.3 Å². The van der Waals surface area contributed by atoms with Gasteiger partial charge in [-0.2, -0.15) is 0 Å². The molecular formula is C28H31Cl2NO. The number of hydrogen-bond acceptors (Lipinski definition) is 1. The lowest BCUT2D eigenvalue weighted by Gasteiger charge is -2.52. The van der Waals surface area contributed by atoms with Crippen molar-refractivity contribution in [3.63, 3.8) is 0 Å². The number of carbonyl (C=O) groups is 1. The number of nitrogens with zero attached hydrogens (tertiary/aromatic N) is 1. The van der Waals surface area contributed by atoms with E-state index in [0.29, 0.717) is 30.2 Å². The number of hydrogen-bond donors (Lipinski definition) is 0. The highest BCUT2D eigenvalue weighted by atomic mass is 35.5. The Labute approximate surface area is 201 Å². The van der Waals surface area contributed by atoms with Crippen LogP contribution in [0.15, 0.2) is 61.2 Å². The zero-order valence-electron chi connectivity index (χ0n) is 18.6. The summed E-state index contributed by atoms with van der Waals surface area (Å²) in [7, 11) is 0. The third-order valence-corrected chi connectivity index (χ3v) is 8.20. The average Bonchev–Trinajstić information content (AvgIpc) is 3.68. The fourth-order valence-electron chi connectivity index (χ4n) is 5.93. The van der Waals surface area contributed by atoms with Crippen LogP contribution in [0.25, 0.3) is 0 Å². The smallest absolute Gasteiger partial charge is 0.229 e. The van der Waals surface area contributed by atoms with Gasteiger partial charge in [-0.25, -0.2) is 0 Å². The molecule has 0 bridgehead atoms. The number of rotatable bonds is 7. The lowest BCUT2D eigenvalue weighted by atomic mass is 9.66. The minimum atomic E-state index is -0.459. The summed E-state index contributed by atoms with van der Waals surface area (Å²) in [5, 5.41) is 1.46. The van der Waals surface area contributed by atoms with Gasteiger partial charge >= 0.3 is 0 Å². The summed E-state index contributed by atoms with van der Waals surface area (Å²) in [5.74, 6) is 1.72. The first kappa shape index (κ1) is 22.0. The van der Waals surface area contributed by atoms with Gasteiger partial charge in [-0.05, 0) is 85.8 Å². The SMILES string of the molecule is C=CC[C@]1(C)CC(c2cccc(Cl)c2)C(c2ccc(Cl)cc2)N(C(C2CC2)C2CC2)C1=O. The normalized spacial score (nSPS) is 28.2. The molecule has 3 atom stereocenters. The predicted octanol–water partition coefficient (Wildman–Crippen LogP) is 7.82. The van der Waals surface area contributed by atoms with Crippen molar-refractivity contribution >= 4 is 29.1 Å². The van der Waals surface area contributed by atoms with Crippen LogP contribution in [-0.4, -0.2) is 16.8 Å². The maximum atomic E-state index is 14.3. The van der Waals surface area contributed by atoms with Gasteiger partial charge in [0.1, 0.15) is 0 Å². The van der Waals surface area contributed by atoms with Crippen molar-refractivity contribution in [1.29, 1.82) is 0 Å². The lowest BCUT2D eigenvalue weighted by Crippen LogP contribution is -2.56. The molecule has 2 aromatic rings. The molecule has 1 heterocycles. The summed E-state index contributed by atoms with van der Waals surface area (Å²) in [6.07, 6.45) is 8.32. The highest BCUT2D eigenvalue weighted by Gasteiger charge is 2.56. The molecule has 168 valence electrons. The van der Waals surface area contributed by atoms with E-state index in [1.165, 1.54) is 36.8 Å². The minimum absolute atomic E-state index is 0.0117. The van der Waals surface area contributed by atoms with E-state index < -0.39 is 5.41 Å².